The first-order valence-corrected chi connectivity index (χ1v) is 8.63. The molecule has 1 aliphatic carbocycles. The van der Waals surface area contributed by atoms with Gasteiger partial charge in [-0.15, -0.1) is 0 Å². The van der Waals surface area contributed by atoms with Crippen LogP contribution in [0.5, 0.6) is 0 Å². The maximum absolute atomic E-state index is 5.30. The second kappa shape index (κ2) is 9.75. The largest absolute Gasteiger partial charge is 0.383 e. The van der Waals surface area contributed by atoms with Crippen LogP contribution in [0.2, 0.25) is 0 Å². The van der Waals surface area contributed by atoms with Crippen LogP contribution in [-0.4, -0.2) is 50.3 Å². The van der Waals surface area contributed by atoms with Crippen LogP contribution in [0.3, 0.4) is 0 Å². The summed E-state index contributed by atoms with van der Waals surface area (Å²) in [4.78, 5) is 2.65. The average molecular weight is 284 g/mol. The quantitative estimate of drug-likeness (QED) is 0.665. The summed E-state index contributed by atoms with van der Waals surface area (Å²) in [5.41, 5.74) is 0.398. The van der Waals surface area contributed by atoms with E-state index < -0.39 is 0 Å². The van der Waals surface area contributed by atoms with Crippen molar-refractivity contribution in [1.82, 2.24) is 10.2 Å². The van der Waals surface area contributed by atoms with Gasteiger partial charge in [0.05, 0.1) is 6.61 Å². The molecule has 0 radical (unpaired) electrons. The summed E-state index contributed by atoms with van der Waals surface area (Å²) in [5.74, 6) is 0. The lowest BCUT2D eigenvalue weighted by molar-refractivity contribution is 0.0990. The molecule has 0 atom stereocenters. The Morgan fingerprint density at radius 3 is 2.25 bits per heavy atom. The number of hydrogen-bond acceptors (Lipinski definition) is 3. The van der Waals surface area contributed by atoms with Gasteiger partial charge in [-0.1, -0.05) is 33.1 Å². The van der Waals surface area contributed by atoms with Gasteiger partial charge in [0.2, 0.25) is 0 Å². The van der Waals surface area contributed by atoms with Crippen LogP contribution in [0, 0.1) is 0 Å². The Balaban J connectivity index is 2.54. The second-order valence-electron chi connectivity index (χ2n) is 6.34. The minimum absolute atomic E-state index is 0.398. The summed E-state index contributed by atoms with van der Waals surface area (Å²) in [6, 6.07) is 0.711. The van der Waals surface area contributed by atoms with Gasteiger partial charge in [0, 0.05) is 31.8 Å². The molecule has 0 amide bonds. The molecule has 0 spiro atoms. The van der Waals surface area contributed by atoms with Crippen molar-refractivity contribution in [2.75, 3.05) is 33.9 Å². The van der Waals surface area contributed by atoms with E-state index in [2.05, 4.69) is 31.1 Å². The summed E-state index contributed by atoms with van der Waals surface area (Å²) in [7, 11) is 3.96. The third-order valence-electron chi connectivity index (χ3n) is 5.26. The smallest absolute Gasteiger partial charge is 0.0589 e. The minimum Gasteiger partial charge on any atom is -0.383 e. The third kappa shape index (κ3) is 5.34. The highest BCUT2D eigenvalue weighted by atomic mass is 16.5. The molecule has 0 saturated heterocycles. The first kappa shape index (κ1) is 17.9. The molecular formula is C17H36N2O. The van der Waals surface area contributed by atoms with Crippen molar-refractivity contribution in [3.63, 3.8) is 0 Å². The van der Waals surface area contributed by atoms with Crippen LogP contribution in [0.1, 0.15) is 65.2 Å². The Kier molecular flexibility index (Phi) is 8.74. The maximum atomic E-state index is 5.30. The van der Waals surface area contributed by atoms with Gasteiger partial charge in [-0.05, 0) is 39.2 Å². The fourth-order valence-corrected chi connectivity index (χ4v) is 3.70. The van der Waals surface area contributed by atoms with Crippen molar-refractivity contribution in [2.45, 2.75) is 76.8 Å². The molecule has 1 rings (SSSR count). The van der Waals surface area contributed by atoms with E-state index in [4.69, 9.17) is 4.74 Å². The number of nitrogens with zero attached hydrogens (tertiary/aromatic N) is 1. The molecule has 0 aromatic rings. The Hall–Kier alpha value is -0.120. The fraction of sp³-hybridized carbons (Fsp3) is 1.00. The number of rotatable bonds is 10. The first-order chi connectivity index (χ1) is 9.71. The highest BCUT2D eigenvalue weighted by Gasteiger charge is 2.30. The molecule has 0 aromatic carbocycles. The summed E-state index contributed by atoms with van der Waals surface area (Å²) in [6.45, 7) is 7.74. The van der Waals surface area contributed by atoms with Crippen molar-refractivity contribution < 1.29 is 4.74 Å². The standard InChI is InChI=1S/C17H36N2O/c1-5-16(6-2)19(14-15-20-4)13-12-17(18-3)10-8-7-9-11-17/h16,18H,5-15H2,1-4H3. The van der Waals surface area contributed by atoms with E-state index >= 15 is 0 Å². The molecule has 0 aromatic heterocycles. The monoisotopic (exact) mass is 284 g/mol. The predicted octanol–water partition coefficient (Wildman–Crippen LogP) is 3.44. The molecule has 1 fully saturated rings. The molecule has 3 heteroatoms. The van der Waals surface area contributed by atoms with E-state index in [1.54, 1.807) is 7.11 Å². The van der Waals surface area contributed by atoms with E-state index in [-0.39, 0.29) is 0 Å². The van der Waals surface area contributed by atoms with E-state index in [1.807, 2.05) is 0 Å². The summed E-state index contributed by atoms with van der Waals surface area (Å²) < 4.78 is 5.30. The van der Waals surface area contributed by atoms with Crippen LogP contribution in [0.4, 0.5) is 0 Å². The molecule has 3 nitrogen and oxygen atoms in total. The van der Waals surface area contributed by atoms with Gasteiger partial charge in [0.15, 0.2) is 0 Å². The van der Waals surface area contributed by atoms with Crippen molar-refractivity contribution in [2.24, 2.45) is 0 Å². The van der Waals surface area contributed by atoms with Crippen molar-refractivity contribution >= 4 is 0 Å². The zero-order chi connectivity index (χ0) is 14.8. The molecule has 0 unspecified atom stereocenters. The predicted molar refractivity (Wildman–Crippen MR) is 87.3 cm³/mol. The SMILES string of the molecule is CCC(CC)N(CCOC)CCC1(NC)CCCCC1. The second-order valence-corrected chi connectivity index (χ2v) is 6.34. The lowest BCUT2D eigenvalue weighted by Crippen LogP contribution is -2.48. The molecular weight excluding hydrogens is 248 g/mol. The molecule has 0 aliphatic heterocycles. The Labute approximate surface area is 126 Å². The van der Waals surface area contributed by atoms with Gasteiger partial charge in [-0.2, -0.15) is 0 Å². The molecule has 120 valence electrons. The minimum atomic E-state index is 0.398. The summed E-state index contributed by atoms with van der Waals surface area (Å²) in [5, 5.41) is 3.65. The molecule has 0 bridgehead atoms. The average Bonchev–Trinajstić information content (AvgIpc) is 2.51. The molecule has 1 aliphatic rings. The Bertz CT molecular complexity index is 235. The molecule has 20 heavy (non-hydrogen) atoms. The van der Waals surface area contributed by atoms with Crippen LogP contribution >= 0.6 is 0 Å². The molecule has 0 heterocycles. The normalized spacial score (nSPS) is 18.9. The van der Waals surface area contributed by atoms with Crippen LogP contribution < -0.4 is 5.32 Å². The lowest BCUT2D eigenvalue weighted by Gasteiger charge is -2.40. The summed E-state index contributed by atoms with van der Waals surface area (Å²) in [6.07, 6.45) is 10.7. The number of ether oxygens (including phenoxy) is 1. The number of hydrogen-bond donors (Lipinski definition) is 1. The van der Waals surface area contributed by atoms with Crippen molar-refractivity contribution in [3.8, 4) is 0 Å². The fourth-order valence-electron chi connectivity index (χ4n) is 3.70. The summed E-state index contributed by atoms with van der Waals surface area (Å²) >= 11 is 0. The number of methoxy groups -OCH3 is 1. The number of nitrogens with one attached hydrogen (secondary N) is 1. The van der Waals surface area contributed by atoms with E-state index in [0.717, 1.165) is 13.2 Å². The van der Waals surface area contributed by atoms with Crippen LogP contribution in [0.25, 0.3) is 0 Å². The lowest BCUT2D eigenvalue weighted by atomic mass is 9.79. The van der Waals surface area contributed by atoms with Gasteiger partial charge >= 0.3 is 0 Å². The Morgan fingerprint density at radius 2 is 1.75 bits per heavy atom. The van der Waals surface area contributed by atoms with Crippen molar-refractivity contribution in [1.29, 1.82) is 0 Å². The van der Waals surface area contributed by atoms with Crippen LogP contribution in [0.15, 0.2) is 0 Å². The van der Waals surface area contributed by atoms with Gasteiger partial charge < -0.3 is 10.1 Å². The van der Waals surface area contributed by atoms with Crippen molar-refractivity contribution in [3.05, 3.63) is 0 Å². The van der Waals surface area contributed by atoms with E-state index in [0.29, 0.717) is 11.6 Å². The highest BCUT2D eigenvalue weighted by Crippen LogP contribution is 2.31. The van der Waals surface area contributed by atoms with Gasteiger partial charge in [-0.25, -0.2) is 0 Å². The Morgan fingerprint density at radius 1 is 1.10 bits per heavy atom. The van der Waals surface area contributed by atoms with E-state index in [9.17, 15) is 0 Å². The first-order valence-electron chi connectivity index (χ1n) is 8.63. The topological polar surface area (TPSA) is 24.5 Å². The van der Waals surface area contributed by atoms with Gasteiger partial charge in [0.25, 0.3) is 0 Å². The zero-order valence-electron chi connectivity index (χ0n) is 14.2. The van der Waals surface area contributed by atoms with Gasteiger partial charge in [-0.3, -0.25) is 4.90 Å². The molecule has 1 saturated carbocycles. The maximum Gasteiger partial charge on any atom is 0.0589 e. The van der Waals surface area contributed by atoms with Crippen LogP contribution in [-0.2, 0) is 4.74 Å². The third-order valence-corrected chi connectivity index (χ3v) is 5.26. The van der Waals surface area contributed by atoms with E-state index in [1.165, 1.54) is 57.9 Å². The highest BCUT2D eigenvalue weighted by molar-refractivity contribution is 4.90. The zero-order valence-corrected chi connectivity index (χ0v) is 14.2. The van der Waals surface area contributed by atoms with Gasteiger partial charge in [0.1, 0.15) is 0 Å². The molecule has 1 N–H and O–H groups in total.